The summed E-state index contributed by atoms with van der Waals surface area (Å²) in [6.45, 7) is 10.1. The smallest absolute Gasteiger partial charge is 0.258 e. The summed E-state index contributed by atoms with van der Waals surface area (Å²) in [5.41, 5.74) is 4.52. The molecule has 6 nitrogen and oxygen atoms in total. The number of hydrogen-bond acceptors (Lipinski definition) is 5. The second-order valence-electron chi connectivity index (χ2n) is 8.37. The Morgan fingerprint density at radius 1 is 1.03 bits per heavy atom. The summed E-state index contributed by atoms with van der Waals surface area (Å²) in [7, 11) is 0. The molecule has 1 saturated heterocycles. The van der Waals surface area contributed by atoms with Gasteiger partial charge in [-0.3, -0.25) is 9.69 Å². The number of carbonyl (C=O) groups excluding carboxylic acids is 1. The van der Waals surface area contributed by atoms with Gasteiger partial charge in [-0.25, -0.2) is 0 Å². The average Bonchev–Trinajstić information content (AvgIpc) is 3.11. The van der Waals surface area contributed by atoms with Crippen LogP contribution < -0.4 is 5.32 Å². The molecule has 2 heterocycles. The first-order valence-electron chi connectivity index (χ1n) is 10.3. The van der Waals surface area contributed by atoms with Gasteiger partial charge in [0.2, 0.25) is 0 Å². The van der Waals surface area contributed by atoms with Gasteiger partial charge in [-0.2, -0.15) is 0 Å². The van der Waals surface area contributed by atoms with Crippen LogP contribution in [0.4, 0.5) is 0 Å². The number of aromatic hydroxyl groups is 2. The molecule has 0 radical (unpaired) electrons. The maximum absolute atomic E-state index is 13.1. The Morgan fingerprint density at radius 3 is 2.48 bits per heavy atom. The van der Waals surface area contributed by atoms with Crippen LogP contribution in [0.25, 0.3) is 0 Å². The first kappa shape index (κ1) is 19.7. The highest BCUT2D eigenvalue weighted by atomic mass is 16.3. The maximum Gasteiger partial charge on any atom is 0.258 e. The van der Waals surface area contributed by atoms with Gasteiger partial charge in [0.15, 0.2) is 0 Å². The van der Waals surface area contributed by atoms with Crippen molar-refractivity contribution < 1.29 is 15.0 Å². The number of carbonyl (C=O) groups is 1. The van der Waals surface area contributed by atoms with Gasteiger partial charge in [0.1, 0.15) is 11.5 Å². The van der Waals surface area contributed by atoms with E-state index in [0.29, 0.717) is 18.7 Å². The van der Waals surface area contributed by atoms with Crippen LogP contribution in [0.3, 0.4) is 0 Å². The Hall–Kier alpha value is -2.57. The number of phenols is 2. The molecule has 0 unspecified atom stereocenters. The number of fused-ring (bicyclic) bond motifs is 1. The second-order valence-corrected chi connectivity index (χ2v) is 8.37. The molecule has 0 saturated carbocycles. The number of amides is 1. The highest BCUT2D eigenvalue weighted by molar-refractivity contribution is 5.97. The second kappa shape index (κ2) is 8.05. The minimum atomic E-state index is -0.204. The predicted molar refractivity (Wildman–Crippen MR) is 112 cm³/mol. The third-order valence-electron chi connectivity index (χ3n) is 5.89. The molecule has 1 fully saturated rings. The molecule has 6 heteroatoms. The molecular formula is C23H29N3O3. The molecule has 154 valence electrons. The van der Waals surface area contributed by atoms with E-state index in [2.05, 4.69) is 28.4 Å². The first-order chi connectivity index (χ1) is 13.9. The van der Waals surface area contributed by atoms with Gasteiger partial charge < -0.3 is 20.4 Å². The molecule has 4 rings (SSSR count). The molecule has 2 aliphatic rings. The molecular weight excluding hydrogens is 366 g/mol. The van der Waals surface area contributed by atoms with Crippen LogP contribution in [0, 0.1) is 0 Å². The predicted octanol–water partition coefficient (Wildman–Crippen LogP) is 2.78. The Morgan fingerprint density at radius 2 is 1.76 bits per heavy atom. The fraction of sp³-hybridized carbons (Fsp3) is 0.435. The lowest BCUT2D eigenvalue weighted by atomic mass is 9.98. The van der Waals surface area contributed by atoms with Crippen LogP contribution in [-0.2, 0) is 19.6 Å². The topological polar surface area (TPSA) is 76.0 Å². The van der Waals surface area contributed by atoms with Gasteiger partial charge in [-0.15, -0.1) is 0 Å². The standard InChI is InChI=1S/C23H29N3O3/c1-15(2)19-10-20(22(28)11-21(19)27)23(29)26-13-17-4-3-16(9-18(17)14-26)12-25-7-5-24-6-8-25/h3-4,9-11,15,24,27-28H,5-8,12-14H2,1-2H3. The van der Waals surface area contributed by atoms with Crippen molar-refractivity contribution in [1.82, 2.24) is 15.1 Å². The molecule has 2 aromatic rings. The van der Waals surface area contributed by atoms with Crippen LogP contribution >= 0.6 is 0 Å². The van der Waals surface area contributed by atoms with Crippen LogP contribution in [0.1, 0.15) is 52.4 Å². The number of nitrogens with one attached hydrogen (secondary N) is 1. The zero-order valence-electron chi connectivity index (χ0n) is 17.1. The fourth-order valence-electron chi connectivity index (χ4n) is 4.22. The summed E-state index contributed by atoms with van der Waals surface area (Å²) in [5, 5.41) is 23.7. The van der Waals surface area contributed by atoms with Gasteiger partial charge in [0, 0.05) is 51.9 Å². The van der Waals surface area contributed by atoms with Gasteiger partial charge in [-0.1, -0.05) is 32.0 Å². The Balaban J connectivity index is 1.50. The average molecular weight is 396 g/mol. The third-order valence-corrected chi connectivity index (χ3v) is 5.89. The van der Waals surface area contributed by atoms with E-state index in [0.717, 1.165) is 38.3 Å². The van der Waals surface area contributed by atoms with Gasteiger partial charge >= 0.3 is 0 Å². The lowest BCUT2D eigenvalue weighted by molar-refractivity contribution is 0.0748. The van der Waals surface area contributed by atoms with Crippen molar-refractivity contribution in [1.29, 1.82) is 0 Å². The van der Waals surface area contributed by atoms with Crippen molar-refractivity contribution in [3.8, 4) is 11.5 Å². The van der Waals surface area contributed by atoms with E-state index in [1.54, 1.807) is 11.0 Å². The summed E-state index contributed by atoms with van der Waals surface area (Å²) in [6, 6.07) is 9.38. The normalized spacial score (nSPS) is 17.0. The number of phenolic OH excluding ortho intramolecular Hbond substituents is 2. The Kier molecular flexibility index (Phi) is 5.48. The van der Waals surface area contributed by atoms with Crippen LogP contribution in [0.2, 0.25) is 0 Å². The Labute approximate surface area is 171 Å². The molecule has 0 spiro atoms. The highest BCUT2D eigenvalue weighted by Crippen LogP contribution is 2.34. The molecule has 0 bridgehead atoms. The largest absolute Gasteiger partial charge is 0.508 e. The molecule has 0 aliphatic carbocycles. The van der Waals surface area contributed by atoms with Crippen molar-refractivity contribution in [2.75, 3.05) is 26.2 Å². The summed E-state index contributed by atoms with van der Waals surface area (Å²) in [5.74, 6) is -0.293. The number of hydrogen-bond donors (Lipinski definition) is 3. The molecule has 29 heavy (non-hydrogen) atoms. The number of piperazine rings is 1. The van der Waals surface area contributed by atoms with E-state index >= 15 is 0 Å². The summed E-state index contributed by atoms with van der Waals surface area (Å²) in [6.07, 6.45) is 0. The molecule has 2 aromatic carbocycles. The van der Waals surface area contributed by atoms with Crippen molar-refractivity contribution >= 4 is 5.91 Å². The zero-order chi connectivity index (χ0) is 20.5. The summed E-state index contributed by atoms with van der Waals surface area (Å²) in [4.78, 5) is 17.3. The maximum atomic E-state index is 13.1. The van der Waals surface area contributed by atoms with Gasteiger partial charge in [-0.05, 0) is 34.2 Å². The first-order valence-corrected chi connectivity index (χ1v) is 10.3. The van der Waals surface area contributed by atoms with Crippen LogP contribution in [-0.4, -0.2) is 52.1 Å². The highest BCUT2D eigenvalue weighted by Gasteiger charge is 2.27. The number of nitrogens with zero attached hydrogens (tertiary/aromatic N) is 2. The van der Waals surface area contributed by atoms with Crippen molar-refractivity contribution in [3.05, 3.63) is 58.1 Å². The zero-order valence-corrected chi connectivity index (χ0v) is 17.1. The van der Waals surface area contributed by atoms with Gasteiger partial charge in [0.25, 0.3) is 5.91 Å². The SMILES string of the molecule is CC(C)c1cc(C(=O)N2Cc3ccc(CN4CCNCC4)cc3C2)c(O)cc1O. The van der Waals surface area contributed by atoms with E-state index in [-0.39, 0.29) is 28.9 Å². The molecule has 2 aliphatic heterocycles. The van der Waals surface area contributed by atoms with E-state index in [1.165, 1.54) is 17.2 Å². The monoisotopic (exact) mass is 395 g/mol. The van der Waals surface area contributed by atoms with Crippen molar-refractivity contribution in [2.45, 2.75) is 39.4 Å². The summed E-state index contributed by atoms with van der Waals surface area (Å²) < 4.78 is 0. The van der Waals surface area contributed by atoms with E-state index < -0.39 is 0 Å². The van der Waals surface area contributed by atoms with Crippen molar-refractivity contribution in [2.24, 2.45) is 0 Å². The quantitative estimate of drug-likeness (QED) is 0.742. The fourth-order valence-corrected chi connectivity index (χ4v) is 4.22. The van der Waals surface area contributed by atoms with Gasteiger partial charge in [0.05, 0.1) is 5.56 Å². The molecule has 1 amide bonds. The Bertz CT molecular complexity index is 920. The molecule has 0 aromatic heterocycles. The number of rotatable bonds is 4. The minimum absolute atomic E-state index is 0.0244. The van der Waals surface area contributed by atoms with Crippen LogP contribution in [0.15, 0.2) is 30.3 Å². The van der Waals surface area contributed by atoms with E-state index in [4.69, 9.17) is 0 Å². The molecule has 3 N–H and O–H groups in total. The lowest BCUT2D eigenvalue weighted by Crippen LogP contribution is -2.42. The number of benzene rings is 2. The summed E-state index contributed by atoms with van der Waals surface area (Å²) >= 11 is 0. The van der Waals surface area contributed by atoms with Crippen LogP contribution in [0.5, 0.6) is 11.5 Å². The van der Waals surface area contributed by atoms with Crippen molar-refractivity contribution in [3.63, 3.8) is 0 Å². The minimum Gasteiger partial charge on any atom is -0.508 e. The third kappa shape index (κ3) is 4.09. The van der Waals surface area contributed by atoms with E-state index in [1.807, 2.05) is 13.8 Å². The van der Waals surface area contributed by atoms with E-state index in [9.17, 15) is 15.0 Å². The molecule has 0 atom stereocenters. The lowest BCUT2D eigenvalue weighted by Gasteiger charge is -2.27.